The maximum atomic E-state index is 14.0. The molecule has 0 aromatic heterocycles. The monoisotopic (exact) mass is 626 g/mol. The molecule has 5 aromatic rings. The van der Waals surface area contributed by atoms with Crippen LogP contribution in [0.4, 0.5) is 4.39 Å². The van der Waals surface area contributed by atoms with E-state index in [2.05, 4.69) is 41.8 Å². The Kier molecular flexibility index (Phi) is 11.3. The fourth-order valence-electron chi connectivity index (χ4n) is 6.68. The lowest BCUT2D eigenvalue weighted by Gasteiger charge is -2.40. The smallest absolute Gasteiger partial charge is 0.139 e. The zero-order valence-corrected chi connectivity index (χ0v) is 27.3. The highest BCUT2D eigenvalue weighted by molar-refractivity contribution is 5.85. The Labute approximate surface area is 278 Å². The van der Waals surface area contributed by atoms with E-state index in [1.54, 1.807) is 13.8 Å². The molecule has 0 unspecified atom stereocenters. The summed E-state index contributed by atoms with van der Waals surface area (Å²) in [7, 11) is 0. The third-order valence-corrected chi connectivity index (χ3v) is 8.90. The van der Waals surface area contributed by atoms with Crippen molar-refractivity contribution in [2.24, 2.45) is 0 Å². The molecule has 0 bridgehead atoms. The molecule has 0 saturated heterocycles. The van der Waals surface area contributed by atoms with Gasteiger partial charge >= 0.3 is 0 Å². The van der Waals surface area contributed by atoms with Gasteiger partial charge in [-0.25, -0.2) is 4.39 Å². The molecule has 5 aromatic carbocycles. The van der Waals surface area contributed by atoms with Crippen molar-refractivity contribution in [1.82, 2.24) is 10.6 Å². The molecule has 0 saturated carbocycles. The molecule has 0 aliphatic heterocycles. The Morgan fingerprint density at radius 3 is 1.38 bits per heavy atom. The van der Waals surface area contributed by atoms with E-state index >= 15 is 0 Å². The molecule has 0 amide bonds. The van der Waals surface area contributed by atoms with Gasteiger partial charge in [0.05, 0.1) is 11.8 Å². The molecule has 240 valence electrons. The molecule has 4 nitrogen and oxygen atoms in total. The van der Waals surface area contributed by atoms with Gasteiger partial charge in [0, 0.05) is 24.2 Å². The third-order valence-electron chi connectivity index (χ3n) is 8.90. The Morgan fingerprint density at radius 1 is 0.574 bits per heavy atom. The first kappa shape index (κ1) is 33.6. The average molecular weight is 627 g/mol. The van der Waals surface area contributed by atoms with Gasteiger partial charge < -0.3 is 10.6 Å². The molecular formula is C42H43FN2O2. The summed E-state index contributed by atoms with van der Waals surface area (Å²) in [6.07, 6.45) is 0.542. The van der Waals surface area contributed by atoms with Gasteiger partial charge in [-0.1, -0.05) is 133 Å². The van der Waals surface area contributed by atoms with Crippen molar-refractivity contribution in [3.8, 4) is 0 Å². The summed E-state index contributed by atoms with van der Waals surface area (Å²) in [5, 5.41) is 7.75. The van der Waals surface area contributed by atoms with Crippen LogP contribution < -0.4 is 10.6 Å². The third kappa shape index (κ3) is 8.76. The molecule has 47 heavy (non-hydrogen) atoms. The van der Waals surface area contributed by atoms with Gasteiger partial charge in [-0.15, -0.1) is 0 Å². The zero-order chi connectivity index (χ0) is 33.2. The Balaban J connectivity index is 1.57. The number of hydrogen-bond acceptors (Lipinski definition) is 4. The van der Waals surface area contributed by atoms with Crippen LogP contribution in [0.5, 0.6) is 0 Å². The van der Waals surface area contributed by atoms with Crippen molar-refractivity contribution in [2.75, 3.05) is 6.54 Å². The summed E-state index contributed by atoms with van der Waals surface area (Å²) in [5.74, 6) is -1.05. The van der Waals surface area contributed by atoms with Crippen LogP contribution in [0.15, 0.2) is 146 Å². The minimum Gasteiger partial charge on any atom is -0.307 e. The predicted molar refractivity (Wildman–Crippen MR) is 188 cm³/mol. The second kappa shape index (κ2) is 15.7. The van der Waals surface area contributed by atoms with E-state index in [1.165, 1.54) is 12.1 Å². The van der Waals surface area contributed by atoms with Crippen LogP contribution in [0, 0.1) is 5.82 Å². The van der Waals surface area contributed by atoms with Gasteiger partial charge in [0.15, 0.2) is 0 Å². The van der Waals surface area contributed by atoms with Crippen LogP contribution in [0.2, 0.25) is 0 Å². The van der Waals surface area contributed by atoms with Gasteiger partial charge in [-0.3, -0.25) is 9.59 Å². The molecule has 0 aliphatic carbocycles. The number of nitrogens with one attached hydrogen (secondary N) is 2. The number of halogens is 1. The highest BCUT2D eigenvalue weighted by Gasteiger charge is 2.37. The number of ketones is 2. The summed E-state index contributed by atoms with van der Waals surface area (Å²) in [4.78, 5) is 26.8. The fourth-order valence-corrected chi connectivity index (χ4v) is 6.68. The summed E-state index contributed by atoms with van der Waals surface area (Å²) in [6.45, 7) is 5.87. The van der Waals surface area contributed by atoms with Crippen LogP contribution >= 0.6 is 0 Å². The first-order valence-corrected chi connectivity index (χ1v) is 16.2. The van der Waals surface area contributed by atoms with Crippen molar-refractivity contribution < 1.29 is 14.0 Å². The first-order valence-electron chi connectivity index (χ1n) is 16.2. The standard InChI is InChI=1S/C42H43FN2O2/c1-30(46)38(33-16-8-4-9-17-33)40(35-20-12-6-13-21-35)44-29-42(3,28-32-24-26-37(43)27-25-32)45-41(36-22-14-7-15-23-36)39(31(2)47)34-18-10-5-11-19-34/h4-27,38-41,44-45H,28-29H2,1-3H3/t38-,39-,40+,41+,42-/m1/s1. The topological polar surface area (TPSA) is 58.2 Å². The highest BCUT2D eigenvalue weighted by Crippen LogP contribution is 2.36. The molecule has 0 aliphatic rings. The summed E-state index contributed by atoms with van der Waals surface area (Å²) < 4.78 is 14.0. The highest BCUT2D eigenvalue weighted by atomic mass is 19.1. The minimum absolute atomic E-state index is 0.0533. The molecule has 0 heterocycles. The zero-order valence-electron chi connectivity index (χ0n) is 27.3. The van der Waals surface area contributed by atoms with E-state index in [4.69, 9.17) is 0 Å². The van der Waals surface area contributed by atoms with E-state index < -0.39 is 17.4 Å². The number of carbonyl (C=O) groups is 2. The molecule has 5 rings (SSSR count). The van der Waals surface area contributed by atoms with Crippen LogP contribution in [0.1, 0.15) is 72.5 Å². The lowest BCUT2D eigenvalue weighted by molar-refractivity contribution is -0.120. The lowest BCUT2D eigenvalue weighted by atomic mass is 9.80. The van der Waals surface area contributed by atoms with Crippen molar-refractivity contribution in [3.05, 3.63) is 179 Å². The van der Waals surface area contributed by atoms with Crippen LogP contribution in [0.3, 0.4) is 0 Å². The number of Topliss-reactive ketones (excluding diaryl/α,β-unsaturated/α-hetero) is 2. The van der Waals surface area contributed by atoms with Crippen molar-refractivity contribution in [3.63, 3.8) is 0 Å². The maximum absolute atomic E-state index is 14.0. The van der Waals surface area contributed by atoms with E-state index in [1.807, 2.05) is 109 Å². The van der Waals surface area contributed by atoms with Gasteiger partial charge in [-0.2, -0.15) is 0 Å². The average Bonchev–Trinajstić information content (AvgIpc) is 3.09. The fraction of sp³-hybridized carbons (Fsp3) is 0.238. The van der Waals surface area contributed by atoms with Crippen LogP contribution in [0.25, 0.3) is 0 Å². The van der Waals surface area contributed by atoms with Crippen molar-refractivity contribution >= 4 is 11.6 Å². The van der Waals surface area contributed by atoms with Crippen molar-refractivity contribution in [1.29, 1.82) is 0 Å². The summed E-state index contributed by atoms with van der Waals surface area (Å²) >= 11 is 0. The molecule has 2 N–H and O–H groups in total. The molecule has 0 spiro atoms. The number of rotatable bonds is 15. The van der Waals surface area contributed by atoms with Gasteiger partial charge in [0.2, 0.25) is 0 Å². The number of benzene rings is 5. The molecule has 0 fully saturated rings. The van der Waals surface area contributed by atoms with E-state index in [-0.39, 0.29) is 29.5 Å². The van der Waals surface area contributed by atoms with E-state index in [9.17, 15) is 14.0 Å². The molecule has 5 atom stereocenters. The first-order chi connectivity index (χ1) is 22.7. The Hall–Kier alpha value is -4.71. The predicted octanol–water partition coefficient (Wildman–Crippen LogP) is 8.53. The van der Waals surface area contributed by atoms with Crippen LogP contribution in [-0.4, -0.2) is 23.7 Å². The van der Waals surface area contributed by atoms with E-state index in [0.29, 0.717) is 13.0 Å². The second-order valence-electron chi connectivity index (χ2n) is 12.7. The molecule has 0 radical (unpaired) electrons. The normalized spacial score (nSPS) is 15.1. The Bertz CT molecular complexity index is 1710. The summed E-state index contributed by atoms with van der Waals surface area (Å²) in [6, 6.07) is 45.8. The quantitative estimate of drug-likeness (QED) is 0.122. The summed E-state index contributed by atoms with van der Waals surface area (Å²) in [5.41, 5.74) is 4.18. The number of hydrogen-bond donors (Lipinski definition) is 2. The minimum atomic E-state index is -0.647. The lowest BCUT2D eigenvalue weighted by Crippen LogP contribution is -2.55. The SMILES string of the molecule is CC(=O)[C@H](c1ccccc1)[C@@H](NC[C@@](C)(Cc1ccc(F)cc1)N[C@@H](c1ccccc1)[C@H](C(C)=O)c1ccccc1)c1ccccc1. The van der Waals surface area contributed by atoms with Gasteiger partial charge in [-0.05, 0) is 67.1 Å². The maximum Gasteiger partial charge on any atom is 0.139 e. The van der Waals surface area contributed by atoms with Gasteiger partial charge in [0.1, 0.15) is 17.4 Å². The largest absolute Gasteiger partial charge is 0.307 e. The van der Waals surface area contributed by atoms with Crippen LogP contribution in [-0.2, 0) is 16.0 Å². The van der Waals surface area contributed by atoms with Gasteiger partial charge in [0.25, 0.3) is 0 Å². The Morgan fingerprint density at radius 2 is 0.957 bits per heavy atom. The van der Waals surface area contributed by atoms with E-state index in [0.717, 1.165) is 27.8 Å². The molecular weight excluding hydrogens is 583 g/mol. The van der Waals surface area contributed by atoms with Crippen molar-refractivity contribution in [2.45, 2.75) is 56.7 Å². The molecule has 5 heteroatoms. The second-order valence-corrected chi connectivity index (χ2v) is 12.7. The number of carbonyl (C=O) groups excluding carboxylic acids is 2.